The summed E-state index contributed by atoms with van der Waals surface area (Å²) in [7, 11) is -6.85. The van der Waals surface area contributed by atoms with Crippen LogP contribution in [0, 0.1) is 5.92 Å². The zero-order valence-electron chi connectivity index (χ0n) is 18.7. The molecule has 2 saturated heterocycles. The van der Waals surface area contributed by atoms with Crippen molar-refractivity contribution in [2.45, 2.75) is 49.8 Å². The highest BCUT2D eigenvalue weighted by Crippen LogP contribution is 2.40. The predicted molar refractivity (Wildman–Crippen MR) is 117 cm³/mol. The van der Waals surface area contributed by atoms with E-state index in [1.807, 2.05) is 0 Å². The molecule has 3 aliphatic rings. The maximum absolute atomic E-state index is 12.7. The van der Waals surface area contributed by atoms with E-state index in [-0.39, 0.29) is 24.6 Å². The highest BCUT2D eigenvalue weighted by Gasteiger charge is 2.50. The van der Waals surface area contributed by atoms with Gasteiger partial charge in [-0.15, -0.1) is 0 Å². The Morgan fingerprint density at radius 3 is 2.47 bits per heavy atom. The zero-order valence-corrected chi connectivity index (χ0v) is 20.3. The van der Waals surface area contributed by atoms with E-state index < -0.39 is 43.2 Å². The molecule has 2 fully saturated rings. The van der Waals surface area contributed by atoms with Crippen molar-refractivity contribution in [3.05, 3.63) is 17.5 Å². The molecule has 15 heteroatoms. The standard InChI is InChI=1S/C17H26N4O4S2.C2HF3O2/c1-3-27(24,25)21-9-14-15(10-21)26(22,23)11-13-7-18-17(19-16(13)14)20-6-4-5-12(2)8-20;3-2(4,5)1(6)7/h7,12,14-15H,3-6,8-11H2,1-2H3;(H,6,7)/t12?,14-,15+;/m0./s1. The van der Waals surface area contributed by atoms with Crippen LogP contribution in [0.1, 0.15) is 43.9 Å². The third-order valence-corrected chi connectivity index (χ3v) is 10.2. The lowest BCUT2D eigenvalue weighted by Crippen LogP contribution is -2.38. The molecule has 3 atom stereocenters. The fraction of sp³-hybridized carbons (Fsp3) is 0.737. The summed E-state index contributed by atoms with van der Waals surface area (Å²) >= 11 is 0. The molecule has 0 saturated carbocycles. The molecule has 1 aromatic rings. The molecule has 0 amide bonds. The van der Waals surface area contributed by atoms with Crippen LogP contribution in [0.2, 0.25) is 0 Å². The molecular weight excluding hydrogens is 501 g/mol. The maximum atomic E-state index is 12.7. The van der Waals surface area contributed by atoms with Gasteiger partial charge in [0.1, 0.15) is 0 Å². The van der Waals surface area contributed by atoms with Gasteiger partial charge < -0.3 is 10.0 Å². The minimum Gasteiger partial charge on any atom is -0.475 e. The Labute approximate surface area is 196 Å². The molecule has 4 rings (SSSR count). The number of nitrogens with zero attached hydrogens (tertiary/aromatic N) is 4. The molecule has 1 N–H and O–H groups in total. The molecule has 0 bridgehead atoms. The third kappa shape index (κ3) is 5.62. The number of carboxylic acid groups (broad SMARTS) is 1. The Bertz CT molecular complexity index is 1140. The smallest absolute Gasteiger partial charge is 0.475 e. The van der Waals surface area contributed by atoms with E-state index in [9.17, 15) is 30.0 Å². The van der Waals surface area contributed by atoms with Gasteiger partial charge in [-0.05, 0) is 25.7 Å². The van der Waals surface area contributed by atoms with Crippen molar-refractivity contribution in [1.82, 2.24) is 14.3 Å². The second-order valence-electron chi connectivity index (χ2n) is 8.75. The Balaban J connectivity index is 0.000000406. The van der Waals surface area contributed by atoms with Crippen LogP contribution in [0.5, 0.6) is 0 Å². The molecule has 34 heavy (non-hydrogen) atoms. The predicted octanol–water partition coefficient (Wildman–Crippen LogP) is 1.39. The van der Waals surface area contributed by atoms with Gasteiger partial charge in [-0.1, -0.05) is 6.92 Å². The van der Waals surface area contributed by atoms with E-state index in [4.69, 9.17) is 14.9 Å². The Morgan fingerprint density at radius 1 is 1.26 bits per heavy atom. The summed E-state index contributed by atoms with van der Waals surface area (Å²) < 4.78 is 83.1. The molecular formula is C19H27F3N4O6S2. The zero-order chi connectivity index (χ0) is 25.5. The van der Waals surface area contributed by atoms with E-state index in [1.165, 1.54) is 10.7 Å². The van der Waals surface area contributed by atoms with Gasteiger partial charge in [0, 0.05) is 43.9 Å². The topological polar surface area (TPSA) is 138 Å². The normalized spacial score (nSPS) is 26.7. The van der Waals surface area contributed by atoms with E-state index in [2.05, 4.69) is 16.8 Å². The number of fused-ring (bicyclic) bond motifs is 3. The average Bonchev–Trinajstić information content (AvgIpc) is 3.21. The molecule has 1 aromatic heterocycles. The molecule has 1 unspecified atom stereocenters. The molecule has 0 aromatic carbocycles. The minimum atomic E-state index is -5.08. The fourth-order valence-corrected chi connectivity index (χ4v) is 7.69. The summed E-state index contributed by atoms with van der Waals surface area (Å²) in [6.45, 7) is 5.78. The minimum absolute atomic E-state index is 0.0277. The highest BCUT2D eigenvalue weighted by atomic mass is 32.2. The monoisotopic (exact) mass is 528 g/mol. The first-order chi connectivity index (χ1) is 15.7. The summed E-state index contributed by atoms with van der Waals surface area (Å²) in [5.41, 5.74) is 1.33. The van der Waals surface area contributed by atoms with Crippen LogP contribution >= 0.6 is 0 Å². The van der Waals surface area contributed by atoms with Gasteiger partial charge >= 0.3 is 12.1 Å². The molecule has 3 aliphatic heterocycles. The number of rotatable bonds is 3. The van der Waals surface area contributed by atoms with Crippen molar-refractivity contribution in [3.63, 3.8) is 0 Å². The van der Waals surface area contributed by atoms with Gasteiger partial charge in [0.2, 0.25) is 16.0 Å². The number of carboxylic acids is 1. The Morgan fingerprint density at radius 2 is 1.91 bits per heavy atom. The van der Waals surface area contributed by atoms with E-state index in [0.717, 1.165) is 19.5 Å². The summed E-state index contributed by atoms with van der Waals surface area (Å²) in [5.74, 6) is -2.10. The van der Waals surface area contributed by atoms with Crippen LogP contribution in [-0.4, -0.2) is 85.5 Å². The summed E-state index contributed by atoms with van der Waals surface area (Å²) in [6.07, 6.45) is -1.18. The first-order valence-corrected chi connectivity index (χ1v) is 14.1. The largest absolute Gasteiger partial charge is 0.490 e. The number of aliphatic carboxylic acids is 1. The lowest BCUT2D eigenvalue weighted by atomic mass is 9.99. The van der Waals surface area contributed by atoms with Gasteiger partial charge in [-0.3, -0.25) is 0 Å². The maximum Gasteiger partial charge on any atom is 0.490 e. The van der Waals surface area contributed by atoms with Crippen molar-refractivity contribution in [1.29, 1.82) is 0 Å². The first-order valence-electron chi connectivity index (χ1n) is 10.8. The SMILES string of the molecule is CCS(=O)(=O)N1C[C@@H]2c3nc(N4CCCC(C)C4)ncc3CS(=O)(=O)[C@@H]2C1.O=C(O)C(F)(F)F. The van der Waals surface area contributed by atoms with Crippen molar-refractivity contribution in [3.8, 4) is 0 Å². The molecule has 10 nitrogen and oxygen atoms in total. The van der Waals surface area contributed by atoms with Gasteiger partial charge in [-0.2, -0.15) is 17.5 Å². The lowest BCUT2D eigenvalue weighted by Gasteiger charge is -2.32. The lowest BCUT2D eigenvalue weighted by molar-refractivity contribution is -0.192. The fourth-order valence-electron chi connectivity index (χ4n) is 4.47. The average molecular weight is 529 g/mol. The number of hydrogen-bond acceptors (Lipinski definition) is 8. The molecule has 192 valence electrons. The van der Waals surface area contributed by atoms with Crippen LogP contribution in [-0.2, 0) is 30.4 Å². The summed E-state index contributed by atoms with van der Waals surface area (Å²) in [6, 6.07) is 0. The second-order valence-corrected chi connectivity index (χ2v) is 13.2. The van der Waals surface area contributed by atoms with Crippen molar-refractivity contribution in [2.24, 2.45) is 5.92 Å². The number of aromatic nitrogens is 2. The number of piperidine rings is 1. The van der Waals surface area contributed by atoms with Gasteiger partial charge in [0.25, 0.3) is 0 Å². The van der Waals surface area contributed by atoms with Crippen LogP contribution in [0.3, 0.4) is 0 Å². The number of alkyl halides is 3. The van der Waals surface area contributed by atoms with Crippen LogP contribution in [0.25, 0.3) is 0 Å². The number of halogens is 3. The van der Waals surface area contributed by atoms with Crippen molar-refractivity contribution in [2.75, 3.05) is 36.8 Å². The van der Waals surface area contributed by atoms with E-state index >= 15 is 0 Å². The van der Waals surface area contributed by atoms with Crippen LogP contribution in [0.15, 0.2) is 6.20 Å². The molecule has 0 radical (unpaired) electrons. The second kappa shape index (κ2) is 9.57. The summed E-state index contributed by atoms with van der Waals surface area (Å²) in [5, 5.41) is 6.41. The number of sulfone groups is 1. The Hall–Kier alpha value is -2.00. The van der Waals surface area contributed by atoms with Crippen LogP contribution in [0.4, 0.5) is 19.1 Å². The molecule has 0 spiro atoms. The number of carbonyl (C=O) groups is 1. The number of sulfonamides is 1. The van der Waals surface area contributed by atoms with Crippen molar-refractivity contribution >= 4 is 31.8 Å². The molecule has 4 heterocycles. The van der Waals surface area contributed by atoms with Gasteiger partial charge in [0.05, 0.1) is 22.4 Å². The highest BCUT2D eigenvalue weighted by molar-refractivity contribution is 7.91. The van der Waals surface area contributed by atoms with E-state index in [1.54, 1.807) is 13.1 Å². The first kappa shape index (κ1) is 26.6. The van der Waals surface area contributed by atoms with Crippen molar-refractivity contribution < 1.29 is 39.9 Å². The number of anilines is 1. The summed E-state index contributed by atoms with van der Waals surface area (Å²) in [4.78, 5) is 20.2. The Kier molecular flexibility index (Phi) is 7.49. The van der Waals surface area contributed by atoms with E-state index in [0.29, 0.717) is 23.1 Å². The number of hydrogen-bond donors (Lipinski definition) is 1. The van der Waals surface area contributed by atoms with Crippen LogP contribution < -0.4 is 4.90 Å². The molecule has 0 aliphatic carbocycles. The third-order valence-electron chi connectivity index (χ3n) is 6.23. The van der Waals surface area contributed by atoms with Gasteiger partial charge in [0.15, 0.2) is 9.84 Å². The van der Waals surface area contributed by atoms with Gasteiger partial charge in [-0.25, -0.2) is 31.6 Å². The quantitative estimate of drug-likeness (QED) is 0.617.